The van der Waals surface area contributed by atoms with Gasteiger partial charge in [-0.2, -0.15) is 0 Å². The van der Waals surface area contributed by atoms with E-state index in [1.807, 2.05) is 0 Å². The standard InChI is InChI=1S/C38H25NO/c1-2-10-24(11-3-1)25-18-20-26(21-19-25)39-32-17-9-8-16-31(32)35-33(39)22-23-34-37(35)36-29-14-6-4-12-27(29)28-13-5-7-15-30(28)38(36)40-34/h1-7,9-15,17-23H,8,16H2. The van der Waals surface area contributed by atoms with Crippen molar-refractivity contribution in [1.82, 2.24) is 4.57 Å². The summed E-state index contributed by atoms with van der Waals surface area (Å²) in [4.78, 5) is 0. The fourth-order valence-electron chi connectivity index (χ4n) is 6.93. The van der Waals surface area contributed by atoms with Gasteiger partial charge in [-0.05, 0) is 76.0 Å². The van der Waals surface area contributed by atoms with Gasteiger partial charge in [0, 0.05) is 32.9 Å². The summed E-state index contributed by atoms with van der Waals surface area (Å²) >= 11 is 0. The first-order valence-corrected chi connectivity index (χ1v) is 14.0. The van der Waals surface area contributed by atoms with Crippen molar-refractivity contribution in [2.24, 2.45) is 0 Å². The average Bonchev–Trinajstić information content (AvgIpc) is 3.58. The van der Waals surface area contributed by atoms with Crippen LogP contribution in [0.2, 0.25) is 0 Å². The average molecular weight is 512 g/mol. The van der Waals surface area contributed by atoms with E-state index in [9.17, 15) is 0 Å². The molecule has 6 aromatic carbocycles. The summed E-state index contributed by atoms with van der Waals surface area (Å²) in [7, 11) is 0. The van der Waals surface area contributed by atoms with Crippen LogP contribution < -0.4 is 0 Å². The predicted octanol–water partition coefficient (Wildman–Crippen LogP) is 10.5. The van der Waals surface area contributed by atoms with Crippen LogP contribution in [0.4, 0.5) is 0 Å². The van der Waals surface area contributed by atoms with Gasteiger partial charge in [0.1, 0.15) is 11.2 Å². The van der Waals surface area contributed by atoms with E-state index in [1.54, 1.807) is 0 Å². The van der Waals surface area contributed by atoms with Gasteiger partial charge < -0.3 is 8.98 Å². The van der Waals surface area contributed by atoms with Gasteiger partial charge in [-0.3, -0.25) is 0 Å². The van der Waals surface area contributed by atoms with Crippen molar-refractivity contribution in [3.8, 4) is 16.8 Å². The topological polar surface area (TPSA) is 18.1 Å². The number of benzene rings is 6. The Bertz CT molecular complexity index is 2300. The van der Waals surface area contributed by atoms with E-state index in [2.05, 4.69) is 132 Å². The SMILES string of the molecule is C1=Cc2c(c3c4c(ccc3n2-c2ccc(-c3ccccc3)cc2)oc2c3ccccc3c3ccccc3c24)CC1. The highest BCUT2D eigenvalue weighted by atomic mass is 16.3. The quantitative estimate of drug-likeness (QED) is 0.211. The molecule has 0 aliphatic heterocycles. The van der Waals surface area contributed by atoms with E-state index in [1.165, 1.54) is 71.3 Å². The first kappa shape index (κ1) is 21.8. The summed E-state index contributed by atoms with van der Waals surface area (Å²) in [6, 6.07) is 41.4. The number of furan rings is 1. The smallest absolute Gasteiger partial charge is 0.143 e. The molecule has 2 heteroatoms. The van der Waals surface area contributed by atoms with Crippen molar-refractivity contribution in [3.05, 3.63) is 133 Å². The largest absolute Gasteiger partial charge is 0.455 e. The minimum Gasteiger partial charge on any atom is -0.455 e. The van der Waals surface area contributed by atoms with E-state index in [4.69, 9.17) is 4.42 Å². The minimum absolute atomic E-state index is 0.956. The zero-order chi connectivity index (χ0) is 26.2. The number of fused-ring (bicyclic) bond motifs is 12. The lowest BCUT2D eigenvalue weighted by Crippen LogP contribution is -2.00. The van der Waals surface area contributed by atoms with Gasteiger partial charge in [0.25, 0.3) is 0 Å². The molecular formula is C38H25NO. The summed E-state index contributed by atoms with van der Waals surface area (Å²) in [6.07, 6.45) is 6.69. The molecule has 1 aliphatic rings. The Kier molecular flexibility index (Phi) is 4.48. The second-order valence-electron chi connectivity index (χ2n) is 10.8. The molecule has 0 N–H and O–H groups in total. The maximum atomic E-state index is 6.73. The zero-order valence-corrected chi connectivity index (χ0v) is 21.9. The monoisotopic (exact) mass is 511 g/mol. The summed E-state index contributed by atoms with van der Waals surface area (Å²) in [5.74, 6) is 0. The number of aryl methyl sites for hydroxylation is 1. The molecule has 0 spiro atoms. The summed E-state index contributed by atoms with van der Waals surface area (Å²) in [6.45, 7) is 0. The summed E-state index contributed by atoms with van der Waals surface area (Å²) in [5, 5.41) is 8.72. The fraction of sp³-hybridized carbons (Fsp3) is 0.0526. The van der Waals surface area contributed by atoms with Crippen LogP contribution in [0.3, 0.4) is 0 Å². The molecule has 2 aromatic heterocycles. The summed E-state index contributed by atoms with van der Waals surface area (Å²) < 4.78 is 9.17. The first-order valence-electron chi connectivity index (χ1n) is 14.0. The van der Waals surface area contributed by atoms with E-state index in [-0.39, 0.29) is 0 Å². The van der Waals surface area contributed by atoms with E-state index in [0.29, 0.717) is 0 Å². The van der Waals surface area contributed by atoms with Crippen LogP contribution in [0.1, 0.15) is 17.7 Å². The normalized spacial score (nSPS) is 13.2. The Morgan fingerprint density at radius 2 is 1.23 bits per heavy atom. The third kappa shape index (κ3) is 2.93. The number of aromatic nitrogens is 1. The molecule has 0 saturated heterocycles. The number of allylic oxidation sites excluding steroid dienone is 1. The van der Waals surface area contributed by atoms with E-state index in [0.717, 1.165) is 24.0 Å². The molecular weight excluding hydrogens is 486 g/mol. The van der Waals surface area contributed by atoms with Crippen LogP contribution >= 0.6 is 0 Å². The number of nitrogens with zero attached hydrogens (tertiary/aromatic N) is 1. The zero-order valence-electron chi connectivity index (χ0n) is 21.9. The molecule has 0 bridgehead atoms. The molecule has 0 amide bonds. The first-order chi connectivity index (χ1) is 19.9. The molecule has 0 radical (unpaired) electrons. The van der Waals surface area contributed by atoms with E-state index >= 15 is 0 Å². The number of hydrogen-bond acceptors (Lipinski definition) is 1. The molecule has 0 fully saturated rings. The third-order valence-corrected chi connectivity index (χ3v) is 8.65. The highest BCUT2D eigenvalue weighted by Gasteiger charge is 2.24. The maximum absolute atomic E-state index is 6.73. The van der Waals surface area contributed by atoms with E-state index < -0.39 is 0 Å². The van der Waals surface area contributed by atoms with Crippen LogP contribution in [0.5, 0.6) is 0 Å². The minimum atomic E-state index is 0.956. The Labute approximate surface area is 231 Å². The van der Waals surface area contributed by atoms with Gasteiger partial charge in [-0.1, -0.05) is 97.1 Å². The molecule has 1 aliphatic carbocycles. The molecule has 0 saturated carbocycles. The molecule has 188 valence electrons. The Morgan fingerprint density at radius 1 is 0.550 bits per heavy atom. The lowest BCUT2D eigenvalue weighted by molar-refractivity contribution is 0.673. The summed E-state index contributed by atoms with van der Waals surface area (Å²) in [5.41, 5.74) is 9.51. The highest BCUT2D eigenvalue weighted by Crippen LogP contribution is 2.46. The van der Waals surface area contributed by atoms with Gasteiger partial charge in [-0.15, -0.1) is 0 Å². The lowest BCUT2D eigenvalue weighted by atomic mass is 9.94. The van der Waals surface area contributed by atoms with Crippen LogP contribution in [0.25, 0.3) is 77.3 Å². The Morgan fingerprint density at radius 3 is 2.02 bits per heavy atom. The van der Waals surface area contributed by atoms with Gasteiger partial charge >= 0.3 is 0 Å². The molecule has 40 heavy (non-hydrogen) atoms. The second kappa shape index (κ2) is 8.21. The molecule has 9 rings (SSSR count). The van der Waals surface area contributed by atoms with Gasteiger partial charge in [0.05, 0.1) is 5.52 Å². The van der Waals surface area contributed by atoms with Crippen molar-refractivity contribution >= 4 is 60.5 Å². The van der Waals surface area contributed by atoms with Crippen LogP contribution in [0, 0.1) is 0 Å². The van der Waals surface area contributed by atoms with Crippen molar-refractivity contribution in [2.75, 3.05) is 0 Å². The maximum Gasteiger partial charge on any atom is 0.143 e. The van der Waals surface area contributed by atoms with Crippen LogP contribution in [-0.2, 0) is 6.42 Å². The van der Waals surface area contributed by atoms with Gasteiger partial charge in [0.2, 0.25) is 0 Å². The van der Waals surface area contributed by atoms with Crippen molar-refractivity contribution in [1.29, 1.82) is 0 Å². The predicted molar refractivity (Wildman–Crippen MR) is 168 cm³/mol. The van der Waals surface area contributed by atoms with Crippen LogP contribution in [-0.4, -0.2) is 4.57 Å². The molecule has 2 heterocycles. The number of rotatable bonds is 2. The van der Waals surface area contributed by atoms with Crippen molar-refractivity contribution < 1.29 is 4.42 Å². The molecule has 8 aromatic rings. The molecule has 0 atom stereocenters. The number of hydrogen-bond donors (Lipinski definition) is 0. The lowest BCUT2D eigenvalue weighted by Gasteiger charge is -2.12. The molecule has 2 nitrogen and oxygen atoms in total. The highest BCUT2D eigenvalue weighted by molar-refractivity contribution is 6.34. The van der Waals surface area contributed by atoms with Crippen molar-refractivity contribution in [3.63, 3.8) is 0 Å². The second-order valence-corrected chi connectivity index (χ2v) is 10.8. The molecule has 0 unspecified atom stereocenters. The Balaban J connectivity index is 1.40. The van der Waals surface area contributed by atoms with Crippen LogP contribution in [0.15, 0.2) is 126 Å². The van der Waals surface area contributed by atoms with Gasteiger partial charge in [-0.25, -0.2) is 0 Å². The van der Waals surface area contributed by atoms with Crippen molar-refractivity contribution in [2.45, 2.75) is 12.8 Å². The van der Waals surface area contributed by atoms with Gasteiger partial charge in [0.15, 0.2) is 0 Å². The Hall–Kier alpha value is -5.08. The third-order valence-electron chi connectivity index (χ3n) is 8.65. The fourth-order valence-corrected chi connectivity index (χ4v) is 6.93.